The standard InChI is InChI=1S/C30H21N5O12S4/c31-23-9-10-25(20-4-2-6-28(30(20)23)50(42,43)44)34-35-26-12-11-24(18-8-7-17(15-21(18)26)48(36,37)38)33-32-16-13-22-19(29(14-16)51(45,46)47)3-1-5-27(22)49(39,40)41/h1-15H,31H2,(H,36,37,38)(H,39,40,41)(H,42,43,44)(H,45,46,47). The van der Waals surface area contributed by atoms with Gasteiger partial charge in [0.25, 0.3) is 40.5 Å². The first-order valence-electron chi connectivity index (χ1n) is 13.9. The minimum atomic E-state index is -4.94. The fourth-order valence-corrected chi connectivity index (χ4v) is 8.01. The Labute approximate surface area is 288 Å². The maximum absolute atomic E-state index is 12.2. The Morgan fingerprint density at radius 3 is 1.57 bits per heavy atom. The zero-order valence-corrected chi connectivity index (χ0v) is 28.5. The van der Waals surface area contributed by atoms with E-state index in [-0.39, 0.29) is 60.8 Å². The highest BCUT2D eigenvalue weighted by molar-refractivity contribution is 7.87. The molecule has 0 unspecified atom stereocenters. The fraction of sp³-hybridized carbons (Fsp3) is 0. The number of rotatable bonds is 8. The second-order valence-corrected chi connectivity index (χ2v) is 16.4. The number of hydrogen-bond donors (Lipinski definition) is 5. The van der Waals surface area contributed by atoms with Crippen molar-refractivity contribution in [1.82, 2.24) is 0 Å². The van der Waals surface area contributed by atoms with Crippen LogP contribution >= 0.6 is 0 Å². The summed E-state index contributed by atoms with van der Waals surface area (Å²) in [6.07, 6.45) is 0. The van der Waals surface area contributed by atoms with Crippen molar-refractivity contribution < 1.29 is 51.9 Å². The Morgan fingerprint density at radius 2 is 0.961 bits per heavy atom. The summed E-state index contributed by atoms with van der Waals surface area (Å²) in [4.78, 5) is -2.38. The molecule has 6 rings (SSSR count). The quantitative estimate of drug-likeness (QED) is 0.0624. The summed E-state index contributed by atoms with van der Waals surface area (Å²) in [5.41, 5.74) is 5.95. The molecule has 17 nitrogen and oxygen atoms in total. The lowest BCUT2D eigenvalue weighted by molar-refractivity contribution is 0.481. The van der Waals surface area contributed by atoms with Crippen LogP contribution in [0.25, 0.3) is 32.3 Å². The largest absolute Gasteiger partial charge is 0.398 e. The molecule has 0 heterocycles. The number of anilines is 1. The Hall–Kier alpha value is -5.26. The lowest BCUT2D eigenvalue weighted by Gasteiger charge is -2.10. The van der Waals surface area contributed by atoms with Gasteiger partial charge in [0, 0.05) is 38.0 Å². The SMILES string of the molecule is Nc1ccc(N=Nc2ccc(N=Nc3cc(S(=O)(=O)O)c4cccc(S(=O)(=O)O)c4c3)c3ccc(S(=O)(=O)O)cc23)c2cccc(S(=O)(=O)O)c12. The highest BCUT2D eigenvalue weighted by atomic mass is 32.2. The van der Waals surface area contributed by atoms with Crippen LogP contribution in [0.4, 0.5) is 28.4 Å². The van der Waals surface area contributed by atoms with Gasteiger partial charge in [0.05, 0.1) is 27.6 Å². The number of azo groups is 2. The van der Waals surface area contributed by atoms with Crippen LogP contribution in [0, 0.1) is 0 Å². The number of benzene rings is 6. The minimum absolute atomic E-state index is 0.0136. The number of nitrogens with zero attached hydrogens (tertiary/aromatic N) is 4. The molecule has 0 aromatic heterocycles. The minimum Gasteiger partial charge on any atom is -0.398 e. The molecule has 6 aromatic rings. The molecule has 6 aromatic carbocycles. The molecule has 6 N–H and O–H groups in total. The zero-order chi connectivity index (χ0) is 37.1. The molecule has 0 radical (unpaired) electrons. The van der Waals surface area contributed by atoms with Crippen LogP contribution in [0.5, 0.6) is 0 Å². The molecule has 21 heteroatoms. The van der Waals surface area contributed by atoms with Crippen molar-refractivity contribution in [2.75, 3.05) is 5.73 Å². The van der Waals surface area contributed by atoms with Gasteiger partial charge in [-0.2, -0.15) is 38.8 Å². The van der Waals surface area contributed by atoms with E-state index in [0.29, 0.717) is 0 Å². The van der Waals surface area contributed by atoms with Gasteiger partial charge in [-0.1, -0.05) is 30.3 Å². The number of hydrogen-bond acceptors (Lipinski definition) is 13. The summed E-state index contributed by atoms with van der Waals surface area (Å²) in [6, 6.07) is 18.3. The van der Waals surface area contributed by atoms with Gasteiger partial charge in [-0.05, 0) is 60.7 Å². The third-order valence-electron chi connectivity index (χ3n) is 7.53. The van der Waals surface area contributed by atoms with Crippen molar-refractivity contribution in [2.45, 2.75) is 19.6 Å². The Morgan fingerprint density at radius 1 is 0.431 bits per heavy atom. The molecule has 0 aliphatic rings. The molecule has 0 atom stereocenters. The van der Waals surface area contributed by atoms with Gasteiger partial charge in [-0.15, -0.1) is 15.3 Å². The molecule has 0 saturated carbocycles. The average Bonchev–Trinajstić information content (AvgIpc) is 3.04. The number of fused-ring (bicyclic) bond motifs is 3. The van der Waals surface area contributed by atoms with Gasteiger partial charge in [-0.25, -0.2) is 0 Å². The van der Waals surface area contributed by atoms with Crippen molar-refractivity contribution in [1.29, 1.82) is 0 Å². The predicted octanol–water partition coefficient (Wildman–Crippen LogP) is 6.55. The second kappa shape index (κ2) is 12.5. The summed E-state index contributed by atoms with van der Waals surface area (Å²) < 4.78 is 136. The monoisotopic (exact) mass is 771 g/mol. The number of nitrogen functional groups attached to an aromatic ring is 1. The van der Waals surface area contributed by atoms with Gasteiger partial charge in [-0.3, -0.25) is 18.2 Å². The van der Waals surface area contributed by atoms with Gasteiger partial charge >= 0.3 is 0 Å². The molecule has 0 fully saturated rings. The fourth-order valence-electron chi connectivity index (χ4n) is 5.34. The van der Waals surface area contributed by atoms with Gasteiger partial charge in [0.2, 0.25) is 0 Å². The first-order chi connectivity index (χ1) is 23.7. The van der Waals surface area contributed by atoms with E-state index < -0.39 is 60.1 Å². The lowest BCUT2D eigenvalue weighted by atomic mass is 10.1. The lowest BCUT2D eigenvalue weighted by Crippen LogP contribution is -2.03. The summed E-state index contributed by atoms with van der Waals surface area (Å²) in [5.74, 6) is 0. The van der Waals surface area contributed by atoms with Crippen LogP contribution in [0.1, 0.15) is 0 Å². The van der Waals surface area contributed by atoms with Crippen molar-refractivity contribution in [3.8, 4) is 0 Å². The normalized spacial score (nSPS) is 13.3. The molecule has 51 heavy (non-hydrogen) atoms. The van der Waals surface area contributed by atoms with Crippen molar-refractivity contribution in [3.05, 3.63) is 91.0 Å². The molecule has 262 valence electrons. The first kappa shape index (κ1) is 35.6. The van der Waals surface area contributed by atoms with E-state index in [1.807, 2.05) is 0 Å². The topological polar surface area (TPSA) is 293 Å². The molecule has 0 spiro atoms. The van der Waals surface area contributed by atoms with Crippen LogP contribution in [0.2, 0.25) is 0 Å². The van der Waals surface area contributed by atoms with Crippen LogP contribution in [-0.4, -0.2) is 51.9 Å². The van der Waals surface area contributed by atoms with E-state index >= 15 is 0 Å². The third-order valence-corrected chi connectivity index (χ3v) is 11.1. The van der Waals surface area contributed by atoms with Crippen LogP contribution in [0.3, 0.4) is 0 Å². The van der Waals surface area contributed by atoms with Crippen molar-refractivity contribution in [2.24, 2.45) is 20.5 Å². The molecule has 0 saturated heterocycles. The maximum atomic E-state index is 12.2. The molecule has 0 aliphatic carbocycles. The zero-order valence-electron chi connectivity index (χ0n) is 25.2. The van der Waals surface area contributed by atoms with E-state index in [1.54, 1.807) is 0 Å². The van der Waals surface area contributed by atoms with E-state index in [9.17, 15) is 51.9 Å². The average molecular weight is 772 g/mol. The predicted molar refractivity (Wildman–Crippen MR) is 184 cm³/mol. The Bertz CT molecular complexity index is 2990. The van der Waals surface area contributed by atoms with E-state index in [4.69, 9.17) is 5.73 Å². The Kier molecular flexibility index (Phi) is 8.72. The maximum Gasteiger partial charge on any atom is 0.295 e. The van der Waals surface area contributed by atoms with Gasteiger partial charge in [0.15, 0.2) is 0 Å². The smallest absolute Gasteiger partial charge is 0.295 e. The van der Waals surface area contributed by atoms with Crippen LogP contribution in [0.15, 0.2) is 131 Å². The van der Waals surface area contributed by atoms with Crippen molar-refractivity contribution in [3.63, 3.8) is 0 Å². The van der Waals surface area contributed by atoms with E-state index in [2.05, 4.69) is 20.5 Å². The Balaban J connectivity index is 1.52. The third kappa shape index (κ3) is 7.04. The highest BCUT2D eigenvalue weighted by Gasteiger charge is 2.22. The molecular weight excluding hydrogens is 751 g/mol. The molecule has 0 amide bonds. The van der Waals surface area contributed by atoms with Crippen LogP contribution < -0.4 is 5.73 Å². The first-order valence-corrected chi connectivity index (χ1v) is 19.7. The van der Waals surface area contributed by atoms with Gasteiger partial charge < -0.3 is 5.73 Å². The second-order valence-electron chi connectivity index (χ2n) is 10.8. The molecule has 0 aliphatic heterocycles. The highest BCUT2D eigenvalue weighted by Crippen LogP contribution is 2.40. The van der Waals surface area contributed by atoms with E-state index in [1.165, 1.54) is 54.6 Å². The summed E-state index contributed by atoms with van der Waals surface area (Å²) in [6.45, 7) is 0. The van der Waals surface area contributed by atoms with E-state index in [0.717, 1.165) is 36.4 Å². The summed E-state index contributed by atoms with van der Waals surface area (Å²) in [7, 11) is -19.2. The van der Waals surface area contributed by atoms with Crippen LogP contribution in [-0.2, 0) is 40.5 Å². The molecule has 0 bridgehead atoms. The summed E-state index contributed by atoms with van der Waals surface area (Å²) in [5, 5.41) is 16.5. The number of nitrogens with two attached hydrogens (primary N) is 1. The van der Waals surface area contributed by atoms with Gasteiger partial charge in [0.1, 0.15) is 14.7 Å². The molecular formula is C30H21N5O12S4. The summed E-state index contributed by atoms with van der Waals surface area (Å²) >= 11 is 0. The van der Waals surface area contributed by atoms with Crippen molar-refractivity contribution >= 4 is 101 Å².